The van der Waals surface area contributed by atoms with Crippen LogP contribution >= 0.6 is 0 Å². The number of aromatic nitrogens is 1. The fourth-order valence-electron chi connectivity index (χ4n) is 5.01. The Labute approximate surface area is 216 Å². The van der Waals surface area contributed by atoms with Crippen LogP contribution in [0.4, 0.5) is 10.1 Å². The minimum absolute atomic E-state index is 0.205. The van der Waals surface area contributed by atoms with Crippen LogP contribution < -0.4 is 4.90 Å². The molecule has 0 atom stereocenters. The molecule has 0 radical (unpaired) electrons. The molecule has 1 aliphatic heterocycles. The van der Waals surface area contributed by atoms with Crippen molar-refractivity contribution >= 4 is 22.2 Å². The zero-order valence-electron chi connectivity index (χ0n) is 22.3. The average molecular weight is 483 g/mol. The van der Waals surface area contributed by atoms with Crippen molar-refractivity contribution in [2.75, 3.05) is 18.0 Å². The van der Waals surface area contributed by atoms with E-state index in [-0.39, 0.29) is 5.82 Å². The number of halogens is 1. The molecule has 188 valence electrons. The number of nitrogens with zero attached hydrogens (tertiary/aromatic N) is 2. The van der Waals surface area contributed by atoms with E-state index in [0.717, 1.165) is 65.9 Å². The zero-order valence-corrected chi connectivity index (χ0v) is 22.3. The number of aryl methyl sites for hydroxylation is 1. The van der Waals surface area contributed by atoms with Crippen LogP contribution in [-0.4, -0.2) is 18.1 Å². The molecule has 0 aliphatic carbocycles. The van der Waals surface area contributed by atoms with Crippen LogP contribution in [-0.2, 0) is 0 Å². The third kappa shape index (κ3) is 6.13. The average Bonchev–Trinajstić information content (AvgIpc) is 2.86. The molecule has 1 saturated heterocycles. The van der Waals surface area contributed by atoms with E-state index in [1.54, 1.807) is 12.1 Å². The molecule has 2 aromatic carbocycles. The number of hydrogen-bond acceptors (Lipinski definition) is 2. The highest BCUT2D eigenvalue weighted by Gasteiger charge is 2.22. The summed E-state index contributed by atoms with van der Waals surface area (Å²) in [6.45, 7) is 14.8. The molecule has 36 heavy (non-hydrogen) atoms. The van der Waals surface area contributed by atoms with E-state index < -0.39 is 0 Å². The molecule has 0 bridgehead atoms. The van der Waals surface area contributed by atoms with Crippen LogP contribution in [0.25, 0.3) is 27.6 Å². The number of allylic oxidation sites excluding steroid dienone is 5. The topological polar surface area (TPSA) is 16.1 Å². The summed E-state index contributed by atoms with van der Waals surface area (Å²) >= 11 is 0. The number of unbranched alkanes of at least 4 members (excludes halogenated alkanes) is 1. The van der Waals surface area contributed by atoms with Crippen LogP contribution in [0.3, 0.4) is 0 Å². The highest BCUT2D eigenvalue weighted by molar-refractivity contribution is 6.01. The first-order valence-electron chi connectivity index (χ1n) is 13.3. The van der Waals surface area contributed by atoms with Crippen molar-refractivity contribution in [3.63, 3.8) is 0 Å². The Morgan fingerprint density at radius 3 is 2.67 bits per heavy atom. The van der Waals surface area contributed by atoms with Gasteiger partial charge in [-0.15, -0.1) is 0 Å². The monoisotopic (exact) mass is 482 g/mol. The summed E-state index contributed by atoms with van der Waals surface area (Å²) in [5.74, 6) is 0.525. The Morgan fingerprint density at radius 2 is 1.94 bits per heavy atom. The largest absolute Gasteiger partial charge is 0.370 e. The predicted molar refractivity (Wildman–Crippen MR) is 154 cm³/mol. The molecule has 0 N–H and O–H groups in total. The highest BCUT2D eigenvalue weighted by Crippen LogP contribution is 2.39. The molecule has 1 fully saturated rings. The second-order valence-electron chi connectivity index (χ2n) is 10.4. The first kappa shape index (κ1) is 25.9. The van der Waals surface area contributed by atoms with Crippen LogP contribution in [0.15, 0.2) is 73.0 Å². The standard InChI is InChI=1S/C33H39FN2/c1-6-7-9-23(2)10-8-11-26(5)27-12-13-32-30(21-27)33(36-16-14-24(3)15-17-36)31(22-35-32)28-18-25(4)19-29(34)20-28/h8,10-13,18-22,24H,2,6-7,9,14-17H2,1,3-5H3/b10-8-,26-11+. The van der Waals surface area contributed by atoms with Crippen molar-refractivity contribution in [2.45, 2.75) is 59.8 Å². The van der Waals surface area contributed by atoms with Gasteiger partial charge in [0.25, 0.3) is 0 Å². The van der Waals surface area contributed by atoms with Gasteiger partial charge in [-0.05, 0) is 92.0 Å². The molecule has 1 aromatic heterocycles. The lowest BCUT2D eigenvalue weighted by molar-refractivity contribution is 0.439. The van der Waals surface area contributed by atoms with Crippen molar-refractivity contribution in [2.24, 2.45) is 5.92 Å². The molecule has 1 aliphatic rings. The summed E-state index contributed by atoms with van der Waals surface area (Å²) in [6, 6.07) is 11.8. The van der Waals surface area contributed by atoms with Crippen LogP contribution in [0, 0.1) is 18.7 Å². The summed E-state index contributed by atoms with van der Waals surface area (Å²) in [7, 11) is 0. The van der Waals surface area contributed by atoms with Gasteiger partial charge in [0.15, 0.2) is 0 Å². The molecule has 0 unspecified atom stereocenters. The maximum atomic E-state index is 14.4. The SMILES string of the molecule is C=C(/C=C\C=C(/C)c1ccc2ncc(-c3cc(C)cc(F)c3)c(N3CCC(C)CC3)c2c1)CCCC. The van der Waals surface area contributed by atoms with Gasteiger partial charge in [-0.3, -0.25) is 4.98 Å². The van der Waals surface area contributed by atoms with E-state index in [2.05, 4.69) is 74.7 Å². The second kappa shape index (κ2) is 11.7. The molecular weight excluding hydrogens is 443 g/mol. The first-order chi connectivity index (χ1) is 17.4. The lowest BCUT2D eigenvalue weighted by Gasteiger charge is -2.34. The van der Waals surface area contributed by atoms with Gasteiger partial charge in [-0.25, -0.2) is 4.39 Å². The molecule has 0 spiro atoms. The van der Waals surface area contributed by atoms with Crippen LogP contribution in [0.1, 0.15) is 64.0 Å². The van der Waals surface area contributed by atoms with E-state index in [9.17, 15) is 4.39 Å². The van der Waals surface area contributed by atoms with Gasteiger partial charge in [0.1, 0.15) is 5.82 Å². The quantitative estimate of drug-likeness (QED) is 0.297. The number of benzene rings is 2. The lowest BCUT2D eigenvalue weighted by atomic mass is 9.94. The smallest absolute Gasteiger partial charge is 0.124 e. The minimum Gasteiger partial charge on any atom is -0.370 e. The molecule has 2 nitrogen and oxygen atoms in total. The first-order valence-corrected chi connectivity index (χ1v) is 13.3. The van der Waals surface area contributed by atoms with Gasteiger partial charge < -0.3 is 4.90 Å². The number of fused-ring (bicyclic) bond motifs is 1. The lowest BCUT2D eigenvalue weighted by Crippen LogP contribution is -2.33. The minimum atomic E-state index is -0.205. The van der Waals surface area contributed by atoms with Gasteiger partial charge in [-0.1, -0.05) is 62.8 Å². The van der Waals surface area contributed by atoms with Crippen molar-refractivity contribution < 1.29 is 4.39 Å². The molecular formula is C33H39FN2. The molecule has 0 amide bonds. The van der Waals surface area contributed by atoms with Crippen molar-refractivity contribution in [1.29, 1.82) is 0 Å². The van der Waals surface area contributed by atoms with E-state index in [0.29, 0.717) is 0 Å². The van der Waals surface area contributed by atoms with Gasteiger partial charge in [0.05, 0.1) is 11.2 Å². The number of rotatable bonds is 8. The second-order valence-corrected chi connectivity index (χ2v) is 10.4. The van der Waals surface area contributed by atoms with Crippen molar-refractivity contribution in [3.05, 3.63) is 89.9 Å². The normalized spacial score (nSPS) is 15.2. The molecule has 0 saturated carbocycles. The van der Waals surface area contributed by atoms with E-state index >= 15 is 0 Å². The molecule has 4 rings (SSSR count). The number of hydrogen-bond donors (Lipinski definition) is 0. The fourth-order valence-corrected chi connectivity index (χ4v) is 5.01. The summed E-state index contributed by atoms with van der Waals surface area (Å²) in [5, 5.41) is 1.13. The molecule has 3 aromatic rings. The van der Waals surface area contributed by atoms with Crippen molar-refractivity contribution in [3.8, 4) is 11.1 Å². The van der Waals surface area contributed by atoms with Gasteiger partial charge in [0, 0.05) is 30.2 Å². The Kier molecular flexibility index (Phi) is 8.40. The Morgan fingerprint density at radius 1 is 1.17 bits per heavy atom. The van der Waals surface area contributed by atoms with Gasteiger partial charge in [0.2, 0.25) is 0 Å². The zero-order chi connectivity index (χ0) is 25.7. The summed E-state index contributed by atoms with van der Waals surface area (Å²) in [4.78, 5) is 7.29. The van der Waals surface area contributed by atoms with Gasteiger partial charge >= 0.3 is 0 Å². The van der Waals surface area contributed by atoms with Gasteiger partial charge in [-0.2, -0.15) is 0 Å². The third-order valence-corrected chi connectivity index (χ3v) is 7.28. The maximum Gasteiger partial charge on any atom is 0.124 e. The maximum absolute atomic E-state index is 14.4. The Bertz CT molecular complexity index is 1270. The van der Waals surface area contributed by atoms with Crippen LogP contribution in [0.5, 0.6) is 0 Å². The number of piperidine rings is 1. The Balaban J connectivity index is 1.79. The van der Waals surface area contributed by atoms with E-state index in [1.807, 2.05) is 13.1 Å². The van der Waals surface area contributed by atoms with E-state index in [1.165, 1.54) is 35.2 Å². The summed E-state index contributed by atoms with van der Waals surface area (Å²) in [6.07, 6.45) is 14.0. The molecule has 3 heteroatoms. The van der Waals surface area contributed by atoms with Crippen molar-refractivity contribution in [1.82, 2.24) is 4.98 Å². The van der Waals surface area contributed by atoms with E-state index in [4.69, 9.17) is 4.98 Å². The Hall–Kier alpha value is -3.20. The van der Waals surface area contributed by atoms with Crippen LogP contribution in [0.2, 0.25) is 0 Å². The predicted octanol–water partition coefficient (Wildman–Crippen LogP) is 9.29. The summed E-state index contributed by atoms with van der Waals surface area (Å²) < 4.78 is 14.4. The highest BCUT2D eigenvalue weighted by atomic mass is 19.1. The third-order valence-electron chi connectivity index (χ3n) is 7.28. The molecule has 2 heterocycles. The number of anilines is 1. The summed E-state index contributed by atoms with van der Waals surface area (Å²) in [5.41, 5.74) is 8.50. The fraction of sp³-hybridized carbons (Fsp3) is 0.364. The number of pyridine rings is 1.